The lowest BCUT2D eigenvalue weighted by Gasteiger charge is -1.98. The third kappa shape index (κ3) is 2.11. The van der Waals surface area contributed by atoms with Gasteiger partial charge in [-0.1, -0.05) is 19.0 Å². The van der Waals surface area contributed by atoms with Crippen LogP contribution in [0.15, 0.2) is 10.7 Å². The molecule has 0 amide bonds. The smallest absolute Gasteiger partial charge is 0.229 e. The molecule has 6 heteroatoms. The normalized spacial score (nSPS) is 13.0. The van der Waals surface area contributed by atoms with Gasteiger partial charge in [-0.15, -0.1) is 0 Å². The van der Waals surface area contributed by atoms with Crippen LogP contribution in [0.3, 0.4) is 0 Å². The summed E-state index contributed by atoms with van der Waals surface area (Å²) in [7, 11) is 1.88. The van der Waals surface area contributed by atoms with Crippen LogP contribution >= 0.6 is 22.6 Å². The van der Waals surface area contributed by atoms with Crippen LogP contribution in [-0.4, -0.2) is 19.9 Å². The van der Waals surface area contributed by atoms with E-state index >= 15 is 0 Å². The lowest BCUT2D eigenvalue weighted by molar-refractivity contribution is 0.357. The molecule has 0 N–H and O–H groups in total. The van der Waals surface area contributed by atoms with Gasteiger partial charge in [0.05, 0.1) is 3.57 Å². The number of hydrogen-bond acceptors (Lipinski definition) is 4. The van der Waals surface area contributed by atoms with Crippen molar-refractivity contribution in [1.82, 2.24) is 19.9 Å². The molecule has 0 bridgehead atoms. The van der Waals surface area contributed by atoms with E-state index in [1.54, 1.807) is 4.68 Å². The summed E-state index contributed by atoms with van der Waals surface area (Å²) in [6.07, 6.45) is 2.91. The zero-order valence-corrected chi connectivity index (χ0v) is 11.6. The van der Waals surface area contributed by atoms with Gasteiger partial charge in [-0.25, -0.2) is 0 Å². The summed E-state index contributed by atoms with van der Waals surface area (Å²) >= 11 is 2.22. The van der Waals surface area contributed by atoms with Crippen LogP contribution in [0, 0.1) is 3.57 Å². The molecule has 0 spiro atoms. The van der Waals surface area contributed by atoms with E-state index in [1.165, 1.54) is 0 Å². The van der Waals surface area contributed by atoms with E-state index in [0.29, 0.717) is 17.6 Å². The van der Waals surface area contributed by atoms with Crippen LogP contribution in [0.25, 0.3) is 11.5 Å². The fraction of sp³-hybridized carbons (Fsp3) is 0.500. The van der Waals surface area contributed by atoms with Crippen LogP contribution in [-0.2, 0) is 7.05 Å². The summed E-state index contributed by atoms with van der Waals surface area (Å²) in [5.74, 6) is 1.54. The molecule has 16 heavy (non-hydrogen) atoms. The van der Waals surface area contributed by atoms with Crippen molar-refractivity contribution in [3.8, 4) is 11.5 Å². The van der Waals surface area contributed by atoms with Gasteiger partial charge in [-0.2, -0.15) is 10.1 Å². The van der Waals surface area contributed by atoms with Crippen molar-refractivity contribution in [2.75, 3.05) is 0 Å². The zero-order valence-electron chi connectivity index (χ0n) is 9.44. The van der Waals surface area contributed by atoms with Gasteiger partial charge in [0.1, 0.15) is 5.69 Å². The number of aromatic nitrogens is 4. The predicted octanol–water partition coefficient (Wildman–Crippen LogP) is 2.59. The average molecular weight is 332 g/mol. The molecule has 0 aliphatic rings. The van der Waals surface area contributed by atoms with Crippen LogP contribution in [0.2, 0.25) is 0 Å². The molecule has 2 aromatic heterocycles. The molecule has 1 atom stereocenters. The maximum absolute atomic E-state index is 5.22. The van der Waals surface area contributed by atoms with Gasteiger partial charge in [0.2, 0.25) is 11.7 Å². The van der Waals surface area contributed by atoms with E-state index in [4.69, 9.17) is 4.52 Å². The summed E-state index contributed by atoms with van der Waals surface area (Å²) in [6, 6.07) is 0. The summed E-state index contributed by atoms with van der Waals surface area (Å²) in [4.78, 5) is 4.37. The molecule has 2 aromatic rings. The van der Waals surface area contributed by atoms with E-state index in [1.807, 2.05) is 13.2 Å². The molecule has 0 aliphatic heterocycles. The SMILES string of the molecule is CCC(C)c1nc(-c2nn(C)cc2I)no1. The minimum absolute atomic E-state index is 0.294. The Morgan fingerprint density at radius 1 is 1.56 bits per heavy atom. The Kier molecular flexibility index (Phi) is 3.27. The monoisotopic (exact) mass is 332 g/mol. The number of rotatable bonds is 3. The summed E-state index contributed by atoms with van der Waals surface area (Å²) in [5.41, 5.74) is 0.779. The maximum Gasteiger partial charge on any atom is 0.229 e. The Labute approximate surface area is 107 Å². The Balaban J connectivity index is 2.35. The Morgan fingerprint density at radius 3 is 2.88 bits per heavy atom. The Bertz CT molecular complexity index is 491. The topological polar surface area (TPSA) is 56.7 Å². The first-order valence-corrected chi connectivity index (χ1v) is 6.22. The quantitative estimate of drug-likeness (QED) is 0.811. The molecular formula is C10H13IN4O. The highest BCUT2D eigenvalue weighted by Crippen LogP contribution is 2.23. The van der Waals surface area contributed by atoms with Crippen molar-refractivity contribution in [2.24, 2.45) is 7.05 Å². The predicted molar refractivity (Wildman–Crippen MR) is 67.9 cm³/mol. The number of halogens is 1. The van der Waals surface area contributed by atoms with Gasteiger partial charge >= 0.3 is 0 Å². The van der Waals surface area contributed by atoms with Gasteiger partial charge in [0, 0.05) is 19.2 Å². The molecule has 5 nitrogen and oxygen atoms in total. The fourth-order valence-electron chi connectivity index (χ4n) is 1.32. The van der Waals surface area contributed by atoms with E-state index in [2.05, 4.69) is 51.7 Å². The Morgan fingerprint density at radius 2 is 2.31 bits per heavy atom. The van der Waals surface area contributed by atoms with Crippen molar-refractivity contribution >= 4 is 22.6 Å². The maximum atomic E-state index is 5.22. The molecular weight excluding hydrogens is 319 g/mol. The largest absolute Gasteiger partial charge is 0.339 e. The minimum Gasteiger partial charge on any atom is -0.339 e. The molecule has 0 radical (unpaired) electrons. The first-order chi connectivity index (χ1) is 7.61. The third-order valence-electron chi connectivity index (χ3n) is 2.47. The molecule has 0 saturated carbocycles. The summed E-state index contributed by atoms with van der Waals surface area (Å²) in [5, 5.41) is 8.27. The van der Waals surface area contributed by atoms with Crippen molar-refractivity contribution in [3.63, 3.8) is 0 Å². The van der Waals surface area contributed by atoms with Gasteiger partial charge in [0.25, 0.3) is 0 Å². The van der Waals surface area contributed by atoms with E-state index in [-0.39, 0.29) is 0 Å². The number of aryl methyl sites for hydroxylation is 1. The fourth-order valence-corrected chi connectivity index (χ4v) is 2.07. The van der Waals surface area contributed by atoms with Crippen molar-refractivity contribution in [1.29, 1.82) is 0 Å². The van der Waals surface area contributed by atoms with Gasteiger partial charge in [-0.05, 0) is 29.0 Å². The van der Waals surface area contributed by atoms with Crippen LogP contribution in [0.1, 0.15) is 32.1 Å². The minimum atomic E-state index is 0.294. The molecule has 86 valence electrons. The zero-order chi connectivity index (χ0) is 11.7. The first kappa shape index (κ1) is 11.6. The standard InChI is InChI=1S/C10H13IN4O/c1-4-6(2)10-12-9(14-16-10)8-7(11)5-15(3)13-8/h5-6H,4H2,1-3H3. The van der Waals surface area contributed by atoms with Gasteiger partial charge in [0.15, 0.2) is 0 Å². The Hall–Kier alpha value is -0.920. The number of hydrogen-bond donors (Lipinski definition) is 0. The highest BCUT2D eigenvalue weighted by atomic mass is 127. The van der Waals surface area contributed by atoms with Gasteiger partial charge < -0.3 is 4.52 Å². The summed E-state index contributed by atoms with van der Waals surface area (Å²) < 4.78 is 7.99. The third-order valence-corrected chi connectivity index (χ3v) is 3.26. The first-order valence-electron chi connectivity index (χ1n) is 5.15. The number of nitrogens with zero attached hydrogens (tertiary/aromatic N) is 4. The summed E-state index contributed by atoms with van der Waals surface area (Å²) in [6.45, 7) is 4.17. The second-order valence-corrected chi connectivity index (χ2v) is 4.93. The van der Waals surface area contributed by atoms with Gasteiger partial charge in [-0.3, -0.25) is 4.68 Å². The molecule has 2 rings (SSSR count). The molecule has 2 heterocycles. The average Bonchev–Trinajstić information content (AvgIpc) is 2.83. The highest BCUT2D eigenvalue weighted by Gasteiger charge is 2.17. The second kappa shape index (κ2) is 4.52. The van der Waals surface area contributed by atoms with Crippen LogP contribution in [0.5, 0.6) is 0 Å². The van der Waals surface area contributed by atoms with E-state index in [0.717, 1.165) is 15.7 Å². The van der Waals surface area contributed by atoms with Crippen LogP contribution < -0.4 is 0 Å². The highest BCUT2D eigenvalue weighted by molar-refractivity contribution is 14.1. The molecule has 0 saturated heterocycles. The van der Waals surface area contributed by atoms with E-state index in [9.17, 15) is 0 Å². The molecule has 0 aliphatic carbocycles. The van der Waals surface area contributed by atoms with Crippen molar-refractivity contribution in [2.45, 2.75) is 26.2 Å². The second-order valence-electron chi connectivity index (χ2n) is 3.76. The van der Waals surface area contributed by atoms with Crippen molar-refractivity contribution < 1.29 is 4.52 Å². The lowest BCUT2D eigenvalue weighted by atomic mass is 10.1. The van der Waals surface area contributed by atoms with Crippen molar-refractivity contribution in [3.05, 3.63) is 15.7 Å². The van der Waals surface area contributed by atoms with Crippen LogP contribution in [0.4, 0.5) is 0 Å². The molecule has 0 aromatic carbocycles. The molecule has 0 fully saturated rings. The van der Waals surface area contributed by atoms with E-state index < -0.39 is 0 Å². The lowest BCUT2D eigenvalue weighted by Crippen LogP contribution is -1.92. The molecule has 1 unspecified atom stereocenters.